The Morgan fingerprint density at radius 2 is 1.90 bits per heavy atom. The van der Waals surface area contributed by atoms with Gasteiger partial charge in [-0.1, -0.05) is 13.8 Å². The summed E-state index contributed by atoms with van der Waals surface area (Å²) in [6.45, 7) is 13.5. The summed E-state index contributed by atoms with van der Waals surface area (Å²) >= 11 is 0. The van der Waals surface area contributed by atoms with Crippen molar-refractivity contribution in [2.45, 2.75) is 46.6 Å². The summed E-state index contributed by atoms with van der Waals surface area (Å²) in [5.41, 5.74) is 2.15. The molecule has 21 heavy (non-hydrogen) atoms. The van der Waals surface area contributed by atoms with E-state index in [9.17, 15) is 0 Å². The van der Waals surface area contributed by atoms with Gasteiger partial charge in [0, 0.05) is 43.0 Å². The molecule has 0 unspecified atom stereocenters. The van der Waals surface area contributed by atoms with E-state index in [1.807, 2.05) is 6.07 Å². The highest BCUT2D eigenvalue weighted by molar-refractivity contribution is 5.34. The third kappa shape index (κ3) is 3.20. The Hall–Kier alpha value is -1.16. The maximum absolute atomic E-state index is 4.62. The van der Waals surface area contributed by atoms with E-state index in [0.717, 1.165) is 48.3 Å². The maximum Gasteiger partial charge on any atom is 0.225 e. The number of hydrogen-bond acceptors (Lipinski definition) is 4. The number of fused-ring (bicyclic) bond motifs is 1. The highest BCUT2D eigenvalue weighted by Gasteiger charge is 2.42. The summed E-state index contributed by atoms with van der Waals surface area (Å²) in [5, 5.41) is 0. The van der Waals surface area contributed by atoms with Crippen molar-refractivity contribution in [2.24, 2.45) is 11.8 Å². The lowest BCUT2D eigenvalue weighted by Crippen LogP contribution is -2.63. The number of anilines is 1. The molecule has 0 aromatic carbocycles. The number of rotatable bonds is 4. The van der Waals surface area contributed by atoms with Crippen molar-refractivity contribution in [3.8, 4) is 0 Å². The van der Waals surface area contributed by atoms with Gasteiger partial charge in [-0.05, 0) is 45.2 Å². The molecule has 2 aliphatic rings. The van der Waals surface area contributed by atoms with Crippen molar-refractivity contribution in [3.63, 3.8) is 0 Å². The molecule has 0 radical (unpaired) electrons. The van der Waals surface area contributed by atoms with E-state index < -0.39 is 0 Å². The molecule has 116 valence electrons. The second-order valence-corrected chi connectivity index (χ2v) is 7.19. The minimum atomic E-state index is 0.811. The van der Waals surface area contributed by atoms with Crippen LogP contribution in [-0.2, 0) is 0 Å². The Kier molecular flexibility index (Phi) is 4.16. The van der Waals surface area contributed by atoms with E-state index in [1.165, 1.54) is 25.9 Å². The van der Waals surface area contributed by atoms with Gasteiger partial charge in [0.05, 0.1) is 0 Å². The van der Waals surface area contributed by atoms with Crippen molar-refractivity contribution in [3.05, 3.63) is 17.5 Å². The van der Waals surface area contributed by atoms with Crippen LogP contribution in [0.25, 0.3) is 0 Å². The van der Waals surface area contributed by atoms with E-state index in [0.29, 0.717) is 0 Å². The Bertz CT molecular complexity index is 479. The summed E-state index contributed by atoms with van der Waals surface area (Å²) < 4.78 is 0. The first-order chi connectivity index (χ1) is 10.0. The lowest BCUT2D eigenvalue weighted by atomic mass is 9.82. The molecule has 2 atom stereocenters. The summed E-state index contributed by atoms with van der Waals surface area (Å²) in [7, 11) is 0. The number of aryl methyl sites for hydroxylation is 2. The zero-order chi connectivity index (χ0) is 15.0. The molecule has 4 heteroatoms. The third-order valence-corrected chi connectivity index (χ3v) is 4.88. The average Bonchev–Trinajstić information content (AvgIpc) is 2.38. The van der Waals surface area contributed by atoms with Crippen LogP contribution in [0.15, 0.2) is 6.07 Å². The molecule has 1 aromatic heterocycles. The molecule has 0 amide bonds. The molecular formula is C17H28N4. The molecule has 2 aliphatic heterocycles. The van der Waals surface area contributed by atoms with Gasteiger partial charge in [-0.15, -0.1) is 0 Å². The fourth-order valence-corrected chi connectivity index (χ4v) is 3.69. The van der Waals surface area contributed by atoms with Crippen LogP contribution < -0.4 is 4.90 Å². The summed E-state index contributed by atoms with van der Waals surface area (Å²) in [5.74, 6) is 2.56. The van der Waals surface area contributed by atoms with Crippen molar-refractivity contribution in [1.29, 1.82) is 0 Å². The van der Waals surface area contributed by atoms with Gasteiger partial charge in [-0.2, -0.15) is 0 Å². The highest BCUT2D eigenvalue weighted by Crippen LogP contribution is 2.33. The first kappa shape index (κ1) is 14.8. The Balaban J connectivity index is 1.58. The first-order valence-corrected chi connectivity index (χ1v) is 8.34. The lowest BCUT2D eigenvalue weighted by molar-refractivity contribution is -0.00105. The topological polar surface area (TPSA) is 32.3 Å². The van der Waals surface area contributed by atoms with Crippen LogP contribution in [-0.4, -0.2) is 47.1 Å². The van der Waals surface area contributed by atoms with Crippen LogP contribution in [0, 0.1) is 25.7 Å². The predicted molar refractivity (Wildman–Crippen MR) is 86.6 cm³/mol. The van der Waals surface area contributed by atoms with E-state index in [2.05, 4.69) is 47.5 Å². The second-order valence-electron chi connectivity index (χ2n) is 7.19. The molecule has 0 spiro atoms. The minimum absolute atomic E-state index is 0.811. The molecule has 4 nitrogen and oxygen atoms in total. The molecule has 0 bridgehead atoms. The normalized spacial score (nSPS) is 25.9. The number of hydrogen-bond donors (Lipinski definition) is 0. The van der Waals surface area contributed by atoms with Gasteiger partial charge in [0.15, 0.2) is 0 Å². The van der Waals surface area contributed by atoms with E-state index in [-0.39, 0.29) is 0 Å². The zero-order valence-electron chi connectivity index (χ0n) is 13.8. The maximum atomic E-state index is 4.62. The van der Waals surface area contributed by atoms with Crippen LogP contribution in [0.4, 0.5) is 5.95 Å². The Morgan fingerprint density at radius 1 is 1.19 bits per heavy atom. The molecule has 1 aromatic rings. The SMILES string of the molecule is Cc1cc(C)nc(N2CC[C@H]3[C@H](C2)CN3CCC(C)C)n1. The van der Waals surface area contributed by atoms with Crippen LogP contribution in [0.2, 0.25) is 0 Å². The number of piperidine rings is 1. The quantitative estimate of drug-likeness (QED) is 0.852. The summed E-state index contributed by atoms with van der Waals surface area (Å²) in [6, 6.07) is 2.86. The first-order valence-electron chi connectivity index (χ1n) is 8.34. The van der Waals surface area contributed by atoms with Crippen molar-refractivity contribution in [2.75, 3.05) is 31.1 Å². The summed E-state index contributed by atoms with van der Waals surface area (Å²) in [6.07, 6.45) is 2.59. The molecule has 0 N–H and O–H groups in total. The van der Waals surface area contributed by atoms with Gasteiger partial charge in [0.1, 0.15) is 0 Å². The molecule has 3 heterocycles. The monoisotopic (exact) mass is 288 g/mol. The smallest absolute Gasteiger partial charge is 0.225 e. The third-order valence-electron chi connectivity index (χ3n) is 4.88. The molecule has 3 rings (SSSR count). The van der Waals surface area contributed by atoms with Crippen molar-refractivity contribution in [1.82, 2.24) is 14.9 Å². The molecule has 2 saturated heterocycles. The molecule has 0 aliphatic carbocycles. The highest BCUT2D eigenvalue weighted by atomic mass is 15.3. The Labute approximate surface area is 128 Å². The standard InChI is InChI=1S/C17H28N4/c1-12(2)5-7-20-10-15-11-21(8-6-16(15)20)17-18-13(3)9-14(4)19-17/h9,12,15-16H,5-8,10-11H2,1-4H3/t15-,16-/m0/s1. The summed E-state index contributed by atoms with van der Waals surface area (Å²) in [4.78, 5) is 14.3. The lowest BCUT2D eigenvalue weighted by Gasteiger charge is -2.53. The van der Waals surface area contributed by atoms with E-state index in [4.69, 9.17) is 0 Å². The van der Waals surface area contributed by atoms with E-state index >= 15 is 0 Å². The number of aromatic nitrogens is 2. The molecule has 0 saturated carbocycles. The van der Waals surface area contributed by atoms with Gasteiger partial charge in [-0.25, -0.2) is 9.97 Å². The number of nitrogens with zero attached hydrogens (tertiary/aromatic N) is 4. The van der Waals surface area contributed by atoms with Gasteiger partial charge >= 0.3 is 0 Å². The fourth-order valence-electron chi connectivity index (χ4n) is 3.69. The minimum Gasteiger partial charge on any atom is -0.340 e. The van der Waals surface area contributed by atoms with Crippen molar-refractivity contribution >= 4 is 5.95 Å². The van der Waals surface area contributed by atoms with Crippen LogP contribution in [0.3, 0.4) is 0 Å². The van der Waals surface area contributed by atoms with Gasteiger partial charge in [0.25, 0.3) is 0 Å². The number of likely N-dealkylation sites (tertiary alicyclic amines) is 1. The Morgan fingerprint density at radius 3 is 2.52 bits per heavy atom. The molecular weight excluding hydrogens is 260 g/mol. The zero-order valence-corrected chi connectivity index (χ0v) is 13.8. The van der Waals surface area contributed by atoms with Crippen LogP contribution in [0.5, 0.6) is 0 Å². The fraction of sp³-hybridized carbons (Fsp3) is 0.765. The van der Waals surface area contributed by atoms with Gasteiger partial charge in [0.2, 0.25) is 5.95 Å². The average molecular weight is 288 g/mol. The predicted octanol–water partition coefficient (Wildman–Crippen LogP) is 2.65. The van der Waals surface area contributed by atoms with Gasteiger partial charge < -0.3 is 4.90 Å². The van der Waals surface area contributed by atoms with E-state index in [1.54, 1.807) is 0 Å². The van der Waals surface area contributed by atoms with Crippen molar-refractivity contribution < 1.29 is 0 Å². The van der Waals surface area contributed by atoms with Crippen LogP contribution >= 0.6 is 0 Å². The van der Waals surface area contributed by atoms with Crippen LogP contribution in [0.1, 0.15) is 38.1 Å². The molecule has 2 fully saturated rings. The van der Waals surface area contributed by atoms with Gasteiger partial charge in [-0.3, -0.25) is 4.90 Å². The largest absolute Gasteiger partial charge is 0.340 e. The second kappa shape index (κ2) is 5.91.